The lowest BCUT2D eigenvalue weighted by atomic mass is 10.1. The second-order valence-electron chi connectivity index (χ2n) is 6.14. The van der Waals surface area contributed by atoms with Gasteiger partial charge in [-0.2, -0.15) is 0 Å². The molecule has 2 rings (SSSR count). The number of β-amino-alcohol motifs (C(OH)–C–C–N with tert-alkyl or cyclic N) is 1. The molecule has 0 atom stereocenters. The lowest BCUT2D eigenvalue weighted by Gasteiger charge is -2.37. The van der Waals surface area contributed by atoms with Crippen LogP contribution in [0.3, 0.4) is 0 Å². The van der Waals surface area contributed by atoms with Gasteiger partial charge in [0.1, 0.15) is 5.69 Å². The second kappa shape index (κ2) is 6.51. The maximum absolute atomic E-state index is 12.4. The molecule has 0 spiro atoms. The van der Waals surface area contributed by atoms with E-state index in [4.69, 9.17) is 5.73 Å². The maximum atomic E-state index is 12.4. The van der Waals surface area contributed by atoms with Gasteiger partial charge in [0.05, 0.1) is 5.60 Å². The summed E-state index contributed by atoms with van der Waals surface area (Å²) in [7, 11) is 0. The minimum atomic E-state index is -0.703. The molecule has 1 aliphatic rings. The highest BCUT2D eigenvalue weighted by Crippen LogP contribution is 2.11. The molecular formula is C15H24N4O2. The summed E-state index contributed by atoms with van der Waals surface area (Å²) in [5.74, 6) is -0.0403. The first-order valence-corrected chi connectivity index (χ1v) is 7.28. The van der Waals surface area contributed by atoms with E-state index in [0.717, 1.165) is 18.7 Å². The van der Waals surface area contributed by atoms with Gasteiger partial charge in [-0.25, -0.2) is 0 Å². The van der Waals surface area contributed by atoms with E-state index in [-0.39, 0.29) is 5.91 Å². The highest BCUT2D eigenvalue weighted by atomic mass is 16.3. The average Bonchev–Trinajstić information content (AvgIpc) is 2.46. The van der Waals surface area contributed by atoms with Crippen LogP contribution in [0.25, 0.3) is 0 Å². The molecule has 0 radical (unpaired) electrons. The molecule has 0 aliphatic carbocycles. The van der Waals surface area contributed by atoms with Crippen molar-refractivity contribution in [3.63, 3.8) is 0 Å². The number of hydrogen-bond donors (Lipinski definition) is 2. The van der Waals surface area contributed by atoms with Crippen molar-refractivity contribution in [2.24, 2.45) is 5.73 Å². The van der Waals surface area contributed by atoms with E-state index in [2.05, 4.69) is 9.88 Å². The SMILES string of the molecule is CC(C)(O)CN1CCN(C(=O)c2ccc(CN)cn2)CC1. The fraction of sp³-hybridized carbons (Fsp3) is 0.600. The van der Waals surface area contributed by atoms with Crippen molar-refractivity contribution < 1.29 is 9.90 Å². The van der Waals surface area contributed by atoms with E-state index in [0.29, 0.717) is 31.9 Å². The van der Waals surface area contributed by atoms with Crippen LogP contribution in [0.15, 0.2) is 18.3 Å². The predicted molar refractivity (Wildman–Crippen MR) is 80.8 cm³/mol. The number of rotatable bonds is 4. The number of nitrogens with two attached hydrogens (primary N) is 1. The van der Waals surface area contributed by atoms with Crippen LogP contribution in [0.5, 0.6) is 0 Å². The van der Waals surface area contributed by atoms with E-state index in [1.165, 1.54) is 0 Å². The minimum absolute atomic E-state index is 0.0403. The summed E-state index contributed by atoms with van der Waals surface area (Å²) in [5.41, 5.74) is 6.20. The molecule has 1 aliphatic heterocycles. The van der Waals surface area contributed by atoms with Gasteiger partial charge in [0, 0.05) is 45.5 Å². The van der Waals surface area contributed by atoms with Gasteiger partial charge in [0.25, 0.3) is 5.91 Å². The van der Waals surface area contributed by atoms with E-state index in [1.807, 2.05) is 11.0 Å². The molecule has 1 fully saturated rings. The summed E-state index contributed by atoms with van der Waals surface area (Å²) >= 11 is 0. The van der Waals surface area contributed by atoms with Gasteiger partial charge in [-0.1, -0.05) is 6.07 Å². The van der Waals surface area contributed by atoms with Gasteiger partial charge in [-0.15, -0.1) is 0 Å². The molecule has 2 heterocycles. The molecule has 0 bridgehead atoms. The van der Waals surface area contributed by atoms with Crippen LogP contribution < -0.4 is 5.73 Å². The Balaban J connectivity index is 1.90. The van der Waals surface area contributed by atoms with Crippen molar-refractivity contribution in [2.45, 2.75) is 26.0 Å². The number of nitrogens with zero attached hydrogens (tertiary/aromatic N) is 3. The Hall–Kier alpha value is -1.50. The topological polar surface area (TPSA) is 82.7 Å². The van der Waals surface area contributed by atoms with Crippen LogP contribution in [0.4, 0.5) is 0 Å². The van der Waals surface area contributed by atoms with Crippen LogP contribution in [-0.2, 0) is 6.54 Å². The van der Waals surface area contributed by atoms with Crippen LogP contribution in [0.1, 0.15) is 29.9 Å². The van der Waals surface area contributed by atoms with Gasteiger partial charge < -0.3 is 15.7 Å². The molecule has 21 heavy (non-hydrogen) atoms. The van der Waals surface area contributed by atoms with Gasteiger partial charge in [-0.05, 0) is 25.5 Å². The standard InChI is InChI=1S/C15H24N4O2/c1-15(2,21)11-18-5-7-19(8-6-18)14(20)13-4-3-12(9-16)10-17-13/h3-4,10,21H,5-9,11,16H2,1-2H3. The third-order valence-corrected chi connectivity index (χ3v) is 3.55. The van der Waals surface area contributed by atoms with Crippen LogP contribution in [0, 0.1) is 0 Å². The molecule has 1 amide bonds. The van der Waals surface area contributed by atoms with Crippen LogP contribution >= 0.6 is 0 Å². The highest BCUT2D eigenvalue weighted by Gasteiger charge is 2.25. The molecule has 6 nitrogen and oxygen atoms in total. The third kappa shape index (κ3) is 4.49. The molecule has 3 N–H and O–H groups in total. The molecule has 0 saturated carbocycles. The largest absolute Gasteiger partial charge is 0.389 e. The summed E-state index contributed by atoms with van der Waals surface area (Å²) in [5, 5.41) is 9.83. The summed E-state index contributed by atoms with van der Waals surface area (Å²) in [6.07, 6.45) is 1.65. The fourth-order valence-electron chi connectivity index (χ4n) is 2.49. The number of aliphatic hydroxyl groups is 1. The molecule has 1 aromatic rings. The number of piperazine rings is 1. The summed E-state index contributed by atoms with van der Waals surface area (Å²) in [6.45, 7) is 7.52. The zero-order valence-corrected chi connectivity index (χ0v) is 12.7. The summed E-state index contributed by atoms with van der Waals surface area (Å²) in [4.78, 5) is 20.5. The molecular weight excluding hydrogens is 268 g/mol. The van der Waals surface area contributed by atoms with Crippen LogP contribution in [-0.4, -0.2) is 64.1 Å². The lowest BCUT2D eigenvalue weighted by molar-refractivity contribution is 0.0177. The van der Waals surface area contributed by atoms with Crippen molar-refractivity contribution in [1.29, 1.82) is 0 Å². The normalized spacial score (nSPS) is 17.0. The first-order chi connectivity index (χ1) is 9.89. The number of carbonyl (C=O) groups excluding carboxylic acids is 1. The van der Waals surface area contributed by atoms with E-state index in [1.54, 1.807) is 26.1 Å². The number of hydrogen-bond acceptors (Lipinski definition) is 5. The average molecular weight is 292 g/mol. The third-order valence-electron chi connectivity index (χ3n) is 3.55. The zero-order valence-electron chi connectivity index (χ0n) is 12.7. The predicted octanol–water partition coefficient (Wildman–Crippen LogP) is 0.0690. The van der Waals surface area contributed by atoms with Crippen LogP contribution in [0.2, 0.25) is 0 Å². The monoisotopic (exact) mass is 292 g/mol. The van der Waals surface area contributed by atoms with Gasteiger partial charge in [0.2, 0.25) is 0 Å². The molecule has 1 saturated heterocycles. The van der Waals surface area contributed by atoms with Gasteiger partial charge in [-0.3, -0.25) is 14.7 Å². The zero-order chi connectivity index (χ0) is 15.5. The molecule has 6 heteroatoms. The molecule has 116 valence electrons. The molecule has 1 aromatic heterocycles. The summed E-state index contributed by atoms with van der Waals surface area (Å²) < 4.78 is 0. The lowest BCUT2D eigenvalue weighted by Crippen LogP contribution is -2.52. The second-order valence-corrected chi connectivity index (χ2v) is 6.14. The number of pyridine rings is 1. The van der Waals surface area contributed by atoms with E-state index < -0.39 is 5.60 Å². The van der Waals surface area contributed by atoms with Crippen molar-refractivity contribution >= 4 is 5.91 Å². The van der Waals surface area contributed by atoms with Crippen molar-refractivity contribution in [1.82, 2.24) is 14.8 Å². The Kier molecular flexibility index (Phi) is 4.92. The Bertz CT molecular complexity index is 473. The fourth-order valence-corrected chi connectivity index (χ4v) is 2.49. The van der Waals surface area contributed by atoms with Gasteiger partial charge >= 0.3 is 0 Å². The molecule has 0 unspecified atom stereocenters. The highest BCUT2D eigenvalue weighted by molar-refractivity contribution is 5.92. The quantitative estimate of drug-likeness (QED) is 0.820. The maximum Gasteiger partial charge on any atom is 0.272 e. The Morgan fingerprint density at radius 2 is 2.00 bits per heavy atom. The Morgan fingerprint density at radius 1 is 1.33 bits per heavy atom. The van der Waals surface area contributed by atoms with Gasteiger partial charge in [0.15, 0.2) is 0 Å². The summed E-state index contributed by atoms with van der Waals surface area (Å²) in [6, 6.07) is 3.57. The number of amides is 1. The number of aromatic nitrogens is 1. The van der Waals surface area contributed by atoms with Crippen molar-refractivity contribution in [3.05, 3.63) is 29.6 Å². The van der Waals surface area contributed by atoms with Crippen molar-refractivity contribution in [2.75, 3.05) is 32.7 Å². The van der Waals surface area contributed by atoms with E-state index in [9.17, 15) is 9.90 Å². The minimum Gasteiger partial charge on any atom is -0.389 e. The first kappa shape index (κ1) is 15.9. The number of carbonyl (C=O) groups is 1. The molecule has 0 aromatic carbocycles. The smallest absolute Gasteiger partial charge is 0.272 e. The Labute approximate surface area is 125 Å². The Morgan fingerprint density at radius 3 is 2.48 bits per heavy atom. The first-order valence-electron chi connectivity index (χ1n) is 7.28. The van der Waals surface area contributed by atoms with E-state index >= 15 is 0 Å². The van der Waals surface area contributed by atoms with Crippen molar-refractivity contribution in [3.8, 4) is 0 Å².